The minimum Gasteiger partial charge on any atom is -0.389 e. The second kappa shape index (κ2) is 7.02. The van der Waals surface area contributed by atoms with E-state index in [4.69, 9.17) is 4.74 Å². The van der Waals surface area contributed by atoms with Gasteiger partial charge in [-0.25, -0.2) is 4.79 Å². The number of hydrogen-bond donors (Lipinski definition) is 2. The van der Waals surface area contributed by atoms with Crippen molar-refractivity contribution in [2.24, 2.45) is 7.05 Å². The quantitative estimate of drug-likeness (QED) is 0.877. The molecule has 1 aliphatic rings. The van der Waals surface area contributed by atoms with Crippen molar-refractivity contribution in [2.75, 3.05) is 31.6 Å². The summed E-state index contributed by atoms with van der Waals surface area (Å²) < 4.78 is 6.92. The number of nitrogens with zero attached hydrogens (tertiary/aromatic N) is 3. The Hall–Kier alpha value is -2.38. The molecule has 3 rings (SSSR count). The molecule has 1 unspecified atom stereocenters. The van der Waals surface area contributed by atoms with Gasteiger partial charge in [0.15, 0.2) is 0 Å². The minimum atomic E-state index is -0.661. The Balaban J connectivity index is 1.80. The second-order valence-corrected chi connectivity index (χ2v) is 5.92. The number of anilines is 1. The summed E-state index contributed by atoms with van der Waals surface area (Å²) in [5.41, 5.74) is 2.75. The number of benzene rings is 1. The first kappa shape index (κ1) is 16.5. The zero-order chi connectivity index (χ0) is 17.1. The van der Waals surface area contributed by atoms with Crippen LogP contribution in [0.4, 0.5) is 10.6 Å². The van der Waals surface area contributed by atoms with Crippen LogP contribution in [0.1, 0.15) is 5.56 Å². The lowest BCUT2D eigenvalue weighted by Crippen LogP contribution is -2.40. The predicted molar refractivity (Wildman–Crippen MR) is 90.8 cm³/mol. The molecule has 1 atom stereocenters. The molecule has 128 valence electrons. The third-order valence-electron chi connectivity index (χ3n) is 4.09. The van der Waals surface area contributed by atoms with Crippen LogP contribution < -0.4 is 5.32 Å². The van der Waals surface area contributed by atoms with Crippen LogP contribution in [0.3, 0.4) is 0 Å². The van der Waals surface area contributed by atoms with E-state index in [2.05, 4.69) is 10.4 Å². The zero-order valence-corrected chi connectivity index (χ0v) is 13.9. The van der Waals surface area contributed by atoms with E-state index >= 15 is 0 Å². The lowest BCUT2D eigenvalue weighted by atomic mass is 10.1. The van der Waals surface area contributed by atoms with Crippen LogP contribution in [0.15, 0.2) is 30.3 Å². The van der Waals surface area contributed by atoms with Crippen molar-refractivity contribution in [3.8, 4) is 11.3 Å². The summed E-state index contributed by atoms with van der Waals surface area (Å²) in [6.07, 6.45) is -0.661. The molecule has 1 fully saturated rings. The Labute approximate surface area is 140 Å². The molecule has 1 aliphatic heterocycles. The minimum absolute atomic E-state index is 0.257. The van der Waals surface area contributed by atoms with Gasteiger partial charge in [0, 0.05) is 24.7 Å². The molecule has 24 heavy (non-hydrogen) atoms. The second-order valence-electron chi connectivity index (χ2n) is 5.92. The van der Waals surface area contributed by atoms with Gasteiger partial charge in [-0.2, -0.15) is 5.10 Å². The molecule has 2 heterocycles. The molecule has 2 N–H and O–H groups in total. The number of rotatable bonds is 2. The third-order valence-corrected chi connectivity index (χ3v) is 4.09. The maximum atomic E-state index is 12.5. The summed E-state index contributed by atoms with van der Waals surface area (Å²) in [4.78, 5) is 14.1. The molecule has 1 aromatic heterocycles. The van der Waals surface area contributed by atoms with E-state index in [-0.39, 0.29) is 19.2 Å². The average molecular weight is 330 g/mol. The largest absolute Gasteiger partial charge is 0.389 e. The molecule has 0 aliphatic carbocycles. The Morgan fingerprint density at radius 3 is 2.88 bits per heavy atom. The van der Waals surface area contributed by atoms with Gasteiger partial charge in [0.2, 0.25) is 0 Å². The normalized spacial score (nSPS) is 18.3. The van der Waals surface area contributed by atoms with E-state index in [0.29, 0.717) is 19.0 Å². The van der Waals surface area contributed by atoms with Crippen LogP contribution in [0.25, 0.3) is 11.3 Å². The van der Waals surface area contributed by atoms with Crippen molar-refractivity contribution in [1.29, 1.82) is 0 Å². The highest BCUT2D eigenvalue weighted by Crippen LogP contribution is 2.27. The summed E-state index contributed by atoms with van der Waals surface area (Å²) in [6, 6.07) is 9.59. The lowest BCUT2D eigenvalue weighted by Gasteiger charge is -2.22. The maximum absolute atomic E-state index is 12.5. The zero-order valence-electron chi connectivity index (χ0n) is 13.9. The summed E-state index contributed by atoms with van der Waals surface area (Å²) in [5.74, 6) is 0.651. The number of carbonyl (C=O) groups is 1. The van der Waals surface area contributed by atoms with E-state index in [9.17, 15) is 9.90 Å². The van der Waals surface area contributed by atoms with Gasteiger partial charge in [0.05, 0.1) is 31.6 Å². The molecule has 2 amide bonds. The average Bonchev–Trinajstić information content (AvgIpc) is 2.76. The number of ether oxygens (including phenoxy) is 1. The molecule has 7 heteroatoms. The number of aliphatic hydroxyl groups is 1. The molecular weight excluding hydrogens is 308 g/mol. The predicted octanol–water partition coefficient (Wildman–Crippen LogP) is 1.62. The standard InChI is InChI=1S/C17H22N4O3/c1-12-15(13-6-4-3-5-7-13)19-20(2)16(12)18-17(23)21-8-9-24-11-14(22)10-21/h3-7,14,22H,8-11H2,1-2H3,(H,18,23). The first-order valence-corrected chi connectivity index (χ1v) is 7.97. The molecule has 7 nitrogen and oxygen atoms in total. The van der Waals surface area contributed by atoms with Gasteiger partial charge in [-0.1, -0.05) is 30.3 Å². The molecule has 2 aromatic rings. The molecule has 0 spiro atoms. The van der Waals surface area contributed by atoms with Crippen molar-refractivity contribution < 1.29 is 14.6 Å². The number of urea groups is 1. The van der Waals surface area contributed by atoms with Crippen LogP contribution in [-0.2, 0) is 11.8 Å². The SMILES string of the molecule is Cc1c(-c2ccccc2)nn(C)c1NC(=O)N1CCOCC(O)C1. The van der Waals surface area contributed by atoms with E-state index < -0.39 is 6.10 Å². The number of aryl methyl sites for hydroxylation is 1. The highest BCUT2D eigenvalue weighted by molar-refractivity contribution is 5.90. The third kappa shape index (κ3) is 3.42. The van der Waals surface area contributed by atoms with Crippen molar-refractivity contribution in [3.05, 3.63) is 35.9 Å². The van der Waals surface area contributed by atoms with Crippen LogP contribution >= 0.6 is 0 Å². The number of carbonyl (C=O) groups excluding carboxylic acids is 1. The van der Waals surface area contributed by atoms with Crippen LogP contribution in [-0.4, -0.2) is 58.2 Å². The number of hydrogen-bond acceptors (Lipinski definition) is 4. The Morgan fingerprint density at radius 1 is 1.38 bits per heavy atom. The first-order valence-electron chi connectivity index (χ1n) is 7.97. The fourth-order valence-electron chi connectivity index (χ4n) is 2.83. The Kier molecular flexibility index (Phi) is 4.82. The van der Waals surface area contributed by atoms with Gasteiger partial charge in [-0.3, -0.25) is 10.00 Å². The smallest absolute Gasteiger partial charge is 0.323 e. The first-order chi connectivity index (χ1) is 11.6. The highest BCUT2D eigenvalue weighted by Gasteiger charge is 2.23. The molecule has 0 saturated carbocycles. The van der Waals surface area contributed by atoms with Gasteiger partial charge in [-0.15, -0.1) is 0 Å². The van der Waals surface area contributed by atoms with Gasteiger partial charge in [0.1, 0.15) is 5.82 Å². The van der Waals surface area contributed by atoms with E-state index in [0.717, 1.165) is 16.8 Å². The summed E-state index contributed by atoms with van der Waals surface area (Å²) >= 11 is 0. The van der Waals surface area contributed by atoms with Crippen molar-refractivity contribution in [2.45, 2.75) is 13.0 Å². The van der Waals surface area contributed by atoms with Crippen molar-refractivity contribution >= 4 is 11.8 Å². The van der Waals surface area contributed by atoms with Gasteiger partial charge in [0.25, 0.3) is 0 Å². The number of aromatic nitrogens is 2. The number of amides is 2. The van der Waals surface area contributed by atoms with Gasteiger partial charge in [-0.05, 0) is 6.92 Å². The monoisotopic (exact) mass is 330 g/mol. The molecule has 0 radical (unpaired) electrons. The highest BCUT2D eigenvalue weighted by atomic mass is 16.5. The molecule has 1 aromatic carbocycles. The van der Waals surface area contributed by atoms with Crippen LogP contribution in [0, 0.1) is 6.92 Å². The summed E-state index contributed by atoms with van der Waals surface area (Å²) in [6.45, 7) is 3.32. The maximum Gasteiger partial charge on any atom is 0.323 e. The molecular formula is C17H22N4O3. The lowest BCUT2D eigenvalue weighted by molar-refractivity contribution is 0.0575. The van der Waals surface area contributed by atoms with Gasteiger partial charge < -0.3 is 14.7 Å². The number of aliphatic hydroxyl groups excluding tert-OH is 1. The van der Waals surface area contributed by atoms with E-state index in [1.807, 2.05) is 37.3 Å². The Bertz CT molecular complexity index is 714. The van der Waals surface area contributed by atoms with E-state index in [1.54, 1.807) is 16.6 Å². The number of β-amino-alcohol motifs (C(OH)–C–C–N with tert-alkyl or cyclic N) is 1. The Morgan fingerprint density at radius 2 is 2.12 bits per heavy atom. The fraction of sp³-hybridized carbons (Fsp3) is 0.412. The fourth-order valence-corrected chi connectivity index (χ4v) is 2.83. The van der Waals surface area contributed by atoms with Crippen molar-refractivity contribution in [1.82, 2.24) is 14.7 Å². The summed E-state index contributed by atoms with van der Waals surface area (Å²) in [5, 5.41) is 17.2. The topological polar surface area (TPSA) is 79.6 Å². The van der Waals surface area contributed by atoms with Gasteiger partial charge >= 0.3 is 6.03 Å². The van der Waals surface area contributed by atoms with Crippen LogP contribution in [0.5, 0.6) is 0 Å². The van der Waals surface area contributed by atoms with Crippen molar-refractivity contribution in [3.63, 3.8) is 0 Å². The molecule has 0 bridgehead atoms. The summed E-state index contributed by atoms with van der Waals surface area (Å²) in [7, 11) is 1.80. The van der Waals surface area contributed by atoms with Crippen LogP contribution in [0.2, 0.25) is 0 Å². The molecule has 1 saturated heterocycles. The number of nitrogens with one attached hydrogen (secondary N) is 1. The van der Waals surface area contributed by atoms with E-state index in [1.165, 1.54) is 0 Å².